The highest BCUT2D eigenvalue weighted by molar-refractivity contribution is 6.30. The number of nitrogens with zero attached hydrogens (tertiary/aromatic N) is 6. The Hall–Kier alpha value is -3.90. The van der Waals surface area contributed by atoms with Crippen molar-refractivity contribution in [3.63, 3.8) is 0 Å². The van der Waals surface area contributed by atoms with E-state index in [-0.39, 0.29) is 0 Å². The van der Waals surface area contributed by atoms with Gasteiger partial charge in [0.25, 0.3) is 0 Å². The predicted molar refractivity (Wildman–Crippen MR) is 129 cm³/mol. The highest BCUT2D eigenvalue weighted by atomic mass is 35.5. The number of aromatic nitrogens is 5. The lowest BCUT2D eigenvalue weighted by Gasteiger charge is -2.31. The molecular formula is C24H23ClN8O. The minimum atomic E-state index is 0.368. The summed E-state index contributed by atoms with van der Waals surface area (Å²) in [5, 5.41) is 17.1. The maximum atomic E-state index is 8.74. The molecule has 1 aliphatic heterocycles. The lowest BCUT2D eigenvalue weighted by molar-refractivity contribution is 0.204. The van der Waals surface area contributed by atoms with Gasteiger partial charge in [-0.15, -0.1) is 0 Å². The Bertz CT molecular complexity index is 1330. The minimum absolute atomic E-state index is 0.368. The van der Waals surface area contributed by atoms with Crippen LogP contribution in [0.3, 0.4) is 0 Å². The van der Waals surface area contributed by atoms with Gasteiger partial charge in [-0.2, -0.15) is 10.4 Å². The number of rotatable bonds is 3. The van der Waals surface area contributed by atoms with Crippen molar-refractivity contribution in [1.29, 1.82) is 5.26 Å². The Morgan fingerprint density at radius 1 is 1.06 bits per heavy atom. The highest BCUT2D eigenvalue weighted by Crippen LogP contribution is 2.47. The molecule has 0 amide bonds. The number of benzene rings is 1. The summed E-state index contributed by atoms with van der Waals surface area (Å²) in [5.74, 6) is 1.51. The van der Waals surface area contributed by atoms with Crippen molar-refractivity contribution >= 4 is 28.5 Å². The summed E-state index contributed by atoms with van der Waals surface area (Å²) in [7, 11) is 0. The van der Waals surface area contributed by atoms with E-state index in [1.54, 1.807) is 12.1 Å². The number of anilines is 1. The monoisotopic (exact) mass is 474 g/mol. The molecule has 1 saturated heterocycles. The Morgan fingerprint density at radius 3 is 2.56 bits per heavy atom. The smallest absolute Gasteiger partial charge is 0.219 e. The molecule has 9 nitrogen and oxygen atoms in total. The molecular weight excluding hydrogens is 452 g/mol. The maximum Gasteiger partial charge on any atom is 0.219 e. The average Bonchev–Trinajstić information content (AvgIpc) is 3.48. The van der Waals surface area contributed by atoms with E-state index in [2.05, 4.69) is 31.3 Å². The SMILES string of the molecule is N#CN1CCCCC12CC2.Nc1ncnc2n[nH]c(-c3ccc(Oc4ccc(Cl)cn4)cc3)c12. The van der Waals surface area contributed by atoms with E-state index >= 15 is 0 Å². The zero-order chi connectivity index (χ0) is 23.5. The number of H-pyrrole nitrogens is 1. The van der Waals surface area contributed by atoms with E-state index in [0.717, 1.165) is 17.8 Å². The summed E-state index contributed by atoms with van der Waals surface area (Å²) in [6.45, 7) is 1.01. The second kappa shape index (κ2) is 9.15. The molecule has 0 unspecified atom stereocenters. The van der Waals surface area contributed by atoms with Gasteiger partial charge in [0.2, 0.25) is 5.88 Å². The summed E-state index contributed by atoms with van der Waals surface area (Å²) in [6, 6.07) is 10.9. The molecule has 0 bridgehead atoms. The predicted octanol–water partition coefficient (Wildman–Crippen LogP) is 4.93. The number of likely N-dealkylation sites (tertiary alicyclic amines) is 1. The summed E-state index contributed by atoms with van der Waals surface area (Å²) >= 11 is 5.81. The van der Waals surface area contributed by atoms with Crippen LogP contribution in [0.2, 0.25) is 5.02 Å². The van der Waals surface area contributed by atoms with Gasteiger partial charge in [0.05, 0.1) is 21.6 Å². The van der Waals surface area contributed by atoms with Crippen LogP contribution in [0.1, 0.15) is 32.1 Å². The van der Waals surface area contributed by atoms with Gasteiger partial charge in [-0.1, -0.05) is 11.6 Å². The number of pyridine rings is 1. The van der Waals surface area contributed by atoms with E-state index in [1.807, 2.05) is 29.2 Å². The number of ether oxygens (including phenoxy) is 1. The van der Waals surface area contributed by atoms with Gasteiger partial charge < -0.3 is 15.4 Å². The van der Waals surface area contributed by atoms with E-state index in [1.165, 1.54) is 44.6 Å². The molecule has 10 heteroatoms. The first-order valence-electron chi connectivity index (χ1n) is 11.1. The van der Waals surface area contributed by atoms with Gasteiger partial charge in [0, 0.05) is 24.4 Å². The molecule has 34 heavy (non-hydrogen) atoms. The van der Waals surface area contributed by atoms with Gasteiger partial charge in [-0.3, -0.25) is 5.10 Å². The number of nitrogens with one attached hydrogen (secondary N) is 1. The lowest BCUT2D eigenvalue weighted by atomic mass is 10.0. The Kier molecular flexibility index (Phi) is 5.90. The van der Waals surface area contributed by atoms with Gasteiger partial charge >= 0.3 is 0 Å². The van der Waals surface area contributed by atoms with Crippen LogP contribution in [0.15, 0.2) is 48.9 Å². The third-order valence-corrected chi connectivity index (χ3v) is 6.46. The zero-order valence-corrected chi connectivity index (χ0v) is 19.2. The fourth-order valence-corrected chi connectivity index (χ4v) is 4.35. The fraction of sp³-hybridized carbons (Fsp3) is 0.292. The third kappa shape index (κ3) is 4.45. The molecule has 1 spiro atoms. The number of nitriles is 1. The number of nitrogens with two attached hydrogens (primary N) is 1. The zero-order valence-electron chi connectivity index (χ0n) is 18.4. The molecule has 3 aromatic heterocycles. The van der Waals surface area contributed by atoms with Crippen LogP contribution < -0.4 is 10.5 Å². The summed E-state index contributed by atoms with van der Waals surface area (Å²) < 4.78 is 5.67. The van der Waals surface area contributed by atoms with Gasteiger partial charge in [-0.05, 0) is 62.4 Å². The molecule has 172 valence electrons. The van der Waals surface area contributed by atoms with Gasteiger partial charge in [0.15, 0.2) is 11.8 Å². The van der Waals surface area contributed by atoms with Gasteiger partial charge in [-0.25, -0.2) is 15.0 Å². The van der Waals surface area contributed by atoms with E-state index < -0.39 is 0 Å². The summed E-state index contributed by atoms with van der Waals surface area (Å²) in [6.07, 6.45) is 11.6. The molecule has 6 rings (SSSR count). The van der Waals surface area contributed by atoms with Crippen molar-refractivity contribution in [1.82, 2.24) is 30.0 Å². The maximum absolute atomic E-state index is 8.74. The number of halogens is 1. The second-order valence-corrected chi connectivity index (χ2v) is 8.87. The summed E-state index contributed by atoms with van der Waals surface area (Å²) in [5.41, 5.74) is 8.49. The molecule has 4 heterocycles. The Morgan fingerprint density at radius 2 is 1.88 bits per heavy atom. The topological polar surface area (TPSA) is 130 Å². The normalized spacial score (nSPS) is 15.9. The van der Waals surface area contributed by atoms with E-state index in [9.17, 15) is 0 Å². The van der Waals surface area contributed by atoms with Crippen molar-refractivity contribution in [3.05, 3.63) is 53.9 Å². The van der Waals surface area contributed by atoms with Crippen molar-refractivity contribution in [2.75, 3.05) is 12.3 Å². The number of fused-ring (bicyclic) bond motifs is 1. The molecule has 3 N–H and O–H groups in total. The van der Waals surface area contributed by atoms with Crippen LogP contribution in [0, 0.1) is 11.5 Å². The standard InChI is InChI=1S/C16H11ClN6O.C8H12N2/c17-10-3-6-12(19-7-10)24-11-4-1-9(2-5-11)14-13-15(18)20-8-21-16(13)23-22-14;9-7-10-6-2-1-3-8(10)4-5-8/h1-8H,(H3,18,20,21,22,23);1-6H2. The number of hydrogen-bond acceptors (Lipinski definition) is 8. The largest absolute Gasteiger partial charge is 0.439 e. The molecule has 0 atom stereocenters. The van der Waals surface area contributed by atoms with Crippen LogP contribution >= 0.6 is 11.6 Å². The third-order valence-electron chi connectivity index (χ3n) is 6.24. The van der Waals surface area contributed by atoms with Gasteiger partial charge in [0.1, 0.15) is 17.9 Å². The van der Waals surface area contributed by atoms with Crippen LogP contribution in [0.25, 0.3) is 22.3 Å². The van der Waals surface area contributed by atoms with Crippen molar-refractivity contribution in [2.45, 2.75) is 37.6 Å². The molecule has 1 aliphatic carbocycles. The number of aromatic amines is 1. The second-order valence-electron chi connectivity index (χ2n) is 8.43. The quantitative estimate of drug-likeness (QED) is 0.400. The van der Waals surface area contributed by atoms with Crippen molar-refractivity contribution < 1.29 is 4.74 Å². The van der Waals surface area contributed by atoms with Crippen molar-refractivity contribution in [2.24, 2.45) is 0 Å². The van der Waals surface area contributed by atoms with Crippen LogP contribution in [0.5, 0.6) is 11.6 Å². The van der Waals surface area contributed by atoms with Crippen LogP contribution in [0.4, 0.5) is 5.82 Å². The van der Waals surface area contributed by atoms with Crippen molar-refractivity contribution in [3.8, 4) is 29.1 Å². The average molecular weight is 475 g/mol. The molecule has 1 saturated carbocycles. The lowest BCUT2D eigenvalue weighted by Crippen LogP contribution is -2.37. The molecule has 0 radical (unpaired) electrons. The molecule has 2 aliphatic rings. The van der Waals surface area contributed by atoms with Crippen LogP contribution in [-0.4, -0.2) is 42.1 Å². The Labute approximate surface area is 201 Å². The fourth-order valence-electron chi connectivity index (χ4n) is 4.24. The first kappa shape index (κ1) is 21.9. The van der Waals surface area contributed by atoms with E-state index in [0.29, 0.717) is 39.0 Å². The van der Waals surface area contributed by atoms with Crippen LogP contribution in [-0.2, 0) is 0 Å². The molecule has 4 aromatic rings. The number of hydrogen-bond donors (Lipinski definition) is 2. The number of nitrogen functional groups attached to an aromatic ring is 1. The minimum Gasteiger partial charge on any atom is -0.439 e. The molecule has 2 fully saturated rings. The Balaban J connectivity index is 0.000000200. The van der Waals surface area contributed by atoms with E-state index in [4.69, 9.17) is 27.3 Å². The first-order chi connectivity index (χ1) is 16.6. The number of piperidine rings is 1. The highest BCUT2D eigenvalue weighted by Gasteiger charge is 2.48. The first-order valence-corrected chi connectivity index (χ1v) is 11.5. The molecule has 1 aromatic carbocycles. The summed E-state index contributed by atoms with van der Waals surface area (Å²) in [4.78, 5) is 14.2.